The van der Waals surface area contributed by atoms with E-state index in [2.05, 4.69) is 0 Å². The van der Waals surface area contributed by atoms with Crippen LogP contribution in [-0.2, 0) is 38.1 Å². The first kappa shape index (κ1) is 35.7. The predicted octanol–water partition coefficient (Wildman–Crippen LogP) is -6.21. The van der Waals surface area contributed by atoms with Crippen molar-refractivity contribution in [3.8, 4) is 0 Å². The highest BCUT2D eigenvalue weighted by Gasteiger charge is 2.93. The van der Waals surface area contributed by atoms with E-state index in [1.54, 1.807) is 0 Å². The molecule has 2 aliphatic heterocycles. The van der Waals surface area contributed by atoms with Crippen molar-refractivity contribution < 1.29 is 89.2 Å². The van der Waals surface area contributed by atoms with Gasteiger partial charge in [-0.1, -0.05) is 19.4 Å². The van der Waals surface area contributed by atoms with Gasteiger partial charge in [-0.15, -0.1) is 0 Å². The van der Waals surface area contributed by atoms with Crippen LogP contribution < -0.4 is 0 Å². The first-order chi connectivity index (χ1) is 21.8. The van der Waals surface area contributed by atoms with Crippen molar-refractivity contribution >= 4 is 23.7 Å². The molecular weight excluding hydrogens is 636 g/mol. The van der Waals surface area contributed by atoms with Crippen LogP contribution in [-0.4, -0.2) is 167 Å². The van der Waals surface area contributed by atoms with E-state index in [-0.39, 0.29) is 5.57 Å². The zero-order chi connectivity index (χ0) is 35.3. The van der Waals surface area contributed by atoms with Crippen molar-refractivity contribution in [2.24, 2.45) is 28.6 Å². The number of carbonyl (C=O) groups is 4. The number of aliphatic hydroxyl groups is 10. The maximum absolute atomic E-state index is 13.7. The first-order valence-electron chi connectivity index (χ1n) is 14.9. The Morgan fingerprint density at radius 3 is 2.23 bits per heavy atom. The second kappa shape index (κ2) is 11.5. The Bertz CT molecular complexity index is 1370. The third kappa shape index (κ3) is 4.11. The molecule has 17 atom stereocenters. The summed E-state index contributed by atoms with van der Waals surface area (Å²) in [5.74, 6) is -10.0. The summed E-state index contributed by atoms with van der Waals surface area (Å²) >= 11 is 0. The Hall–Kier alpha value is -2.62. The van der Waals surface area contributed by atoms with Crippen LogP contribution in [0.3, 0.4) is 0 Å². The van der Waals surface area contributed by atoms with Gasteiger partial charge in [0.2, 0.25) is 11.7 Å². The number of esters is 3. The monoisotopic (exact) mass is 676 g/mol. The van der Waals surface area contributed by atoms with Gasteiger partial charge in [-0.3, -0.25) is 4.79 Å². The van der Waals surface area contributed by atoms with Gasteiger partial charge in [-0.2, -0.15) is 0 Å². The lowest BCUT2D eigenvalue weighted by Gasteiger charge is -2.71. The fourth-order valence-electron chi connectivity index (χ4n) is 9.15. The zero-order valence-corrected chi connectivity index (χ0v) is 25.7. The molecule has 0 radical (unpaired) electrons. The fraction of sp³-hybridized carbons (Fsp3) is 0.793. The lowest BCUT2D eigenvalue weighted by Crippen LogP contribution is -2.90. The summed E-state index contributed by atoms with van der Waals surface area (Å²) in [6, 6.07) is 0. The molecule has 18 nitrogen and oxygen atoms in total. The Kier molecular flexibility index (Phi) is 8.72. The van der Waals surface area contributed by atoms with E-state index in [4.69, 9.17) is 18.9 Å². The highest BCUT2D eigenvalue weighted by Crippen LogP contribution is 2.74. The molecular formula is C29H40O18. The van der Waals surface area contributed by atoms with E-state index in [1.165, 1.54) is 20.8 Å². The van der Waals surface area contributed by atoms with Crippen molar-refractivity contribution in [1.29, 1.82) is 0 Å². The molecule has 2 heterocycles. The molecule has 0 aromatic carbocycles. The summed E-state index contributed by atoms with van der Waals surface area (Å²) < 4.78 is 21.3. The lowest BCUT2D eigenvalue weighted by molar-refractivity contribution is -0.364. The van der Waals surface area contributed by atoms with E-state index in [0.29, 0.717) is 0 Å². The molecule has 1 spiro atoms. The second-order valence-electron chi connectivity index (χ2n) is 13.5. The fourth-order valence-corrected chi connectivity index (χ4v) is 9.15. The number of fused-ring (bicyclic) bond motifs is 2. The molecule has 18 heteroatoms. The van der Waals surface area contributed by atoms with E-state index >= 15 is 0 Å². The summed E-state index contributed by atoms with van der Waals surface area (Å²) in [5, 5.41) is 110. The minimum atomic E-state index is -3.34. The highest BCUT2D eigenvalue weighted by molar-refractivity contribution is 5.96. The predicted molar refractivity (Wildman–Crippen MR) is 146 cm³/mol. The lowest BCUT2D eigenvalue weighted by atomic mass is 9.36. The van der Waals surface area contributed by atoms with Gasteiger partial charge in [-0.25, -0.2) is 14.4 Å². The maximum atomic E-state index is 13.7. The van der Waals surface area contributed by atoms with Gasteiger partial charge < -0.3 is 70.0 Å². The molecule has 2 saturated heterocycles. The summed E-state index contributed by atoms with van der Waals surface area (Å²) in [7, 11) is 0.810. The number of methoxy groups -OCH3 is 1. The van der Waals surface area contributed by atoms with Crippen molar-refractivity contribution in [3.05, 3.63) is 11.6 Å². The van der Waals surface area contributed by atoms with Gasteiger partial charge in [-0.05, 0) is 13.0 Å². The van der Waals surface area contributed by atoms with Crippen molar-refractivity contribution in [2.75, 3.05) is 20.3 Å². The number of hydrogen-bond donors (Lipinski definition) is 10. The summed E-state index contributed by atoms with van der Waals surface area (Å²) in [6.07, 6.45) is -21.5. The summed E-state index contributed by atoms with van der Waals surface area (Å²) in [5.41, 5.74) is -10.7. The average molecular weight is 677 g/mol. The topological polar surface area (TPSA) is 308 Å². The van der Waals surface area contributed by atoms with Crippen LogP contribution in [0.15, 0.2) is 11.6 Å². The molecule has 0 aromatic rings. The Labute approximate surface area is 266 Å². The molecule has 3 aliphatic carbocycles. The van der Waals surface area contributed by atoms with Gasteiger partial charge in [0.25, 0.3) is 0 Å². The van der Waals surface area contributed by atoms with Gasteiger partial charge in [0.05, 0.1) is 37.4 Å². The summed E-state index contributed by atoms with van der Waals surface area (Å²) in [6.45, 7) is 2.41. The van der Waals surface area contributed by atoms with E-state index in [0.717, 1.165) is 13.2 Å². The Morgan fingerprint density at radius 1 is 1.04 bits per heavy atom. The SMILES string of the molecule is COC(=O)C12OCC34C(OC(=O)C(OC(=O)C(O)C(O)C(O)C(O)C(C)CO)C13O)C(O)C1C(C)=CC(=O)C(O)C1(C)C4C(O)C2O. The molecule has 264 valence electrons. The minimum Gasteiger partial charge on any atom is -0.467 e. The molecule has 47 heavy (non-hydrogen) atoms. The van der Waals surface area contributed by atoms with Gasteiger partial charge in [0, 0.05) is 29.8 Å². The quantitative estimate of drug-likeness (QED) is 0.0844. The van der Waals surface area contributed by atoms with Crippen LogP contribution in [0.2, 0.25) is 0 Å². The number of aliphatic hydroxyl groups excluding tert-OH is 9. The molecule has 0 amide bonds. The highest BCUT2D eigenvalue weighted by atomic mass is 16.7. The van der Waals surface area contributed by atoms with Gasteiger partial charge in [0.15, 0.2) is 17.5 Å². The number of ether oxygens (including phenoxy) is 4. The molecule has 5 aliphatic rings. The van der Waals surface area contributed by atoms with Crippen LogP contribution in [0.4, 0.5) is 0 Å². The molecule has 2 bridgehead atoms. The van der Waals surface area contributed by atoms with Gasteiger partial charge in [0.1, 0.15) is 30.5 Å². The van der Waals surface area contributed by atoms with Gasteiger partial charge >= 0.3 is 17.9 Å². The van der Waals surface area contributed by atoms with E-state index in [1.807, 2.05) is 0 Å². The number of hydrogen-bond acceptors (Lipinski definition) is 18. The van der Waals surface area contributed by atoms with Crippen LogP contribution in [0, 0.1) is 28.6 Å². The largest absolute Gasteiger partial charge is 0.467 e. The molecule has 4 fully saturated rings. The number of rotatable bonds is 8. The second-order valence-corrected chi connectivity index (χ2v) is 13.5. The molecule has 17 unspecified atom stereocenters. The van der Waals surface area contributed by atoms with E-state index in [9.17, 15) is 70.2 Å². The summed E-state index contributed by atoms with van der Waals surface area (Å²) in [4.78, 5) is 53.4. The van der Waals surface area contributed by atoms with Crippen molar-refractivity contribution in [3.63, 3.8) is 0 Å². The van der Waals surface area contributed by atoms with Crippen LogP contribution in [0.25, 0.3) is 0 Å². The van der Waals surface area contributed by atoms with E-state index < -0.39 is 138 Å². The van der Waals surface area contributed by atoms with Crippen LogP contribution >= 0.6 is 0 Å². The third-order valence-electron chi connectivity index (χ3n) is 11.4. The normalized spacial score (nSPS) is 46.9. The number of carbonyl (C=O) groups excluding carboxylic acids is 4. The zero-order valence-electron chi connectivity index (χ0n) is 25.7. The number of ketones is 1. The van der Waals surface area contributed by atoms with Crippen LogP contribution in [0.1, 0.15) is 20.8 Å². The maximum Gasteiger partial charge on any atom is 0.351 e. The van der Waals surface area contributed by atoms with Crippen molar-refractivity contribution in [2.45, 2.75) is 93.0 Å². The van der Waals surface area contributed by atoms with Crippen LogP contribution in [0.5, 0.6) is 0 Å². The molecule has 10 N–H and O–H groups in total. The minimum absolute atomic E-state index is 0.192. The third-order valence-corrected chi connectivity index (χ3v) is 11.4. The van der Waals surface area contributed by atoms with Crippen molar-refractivity contribution in [1.82, 2.24) is 0 Å². The standard InChI is InChI=1S/C29H40O18/c1-8-5-10(31)19(38)26(3)11(8)13(33)21-27-7-45-28(25(42)44-4,20(39)17(37)18(26)27)29(27,43)22(24(41)46-21)47-23(40)16(36)15(35)14(34)12(32)9(2)6-30/h5,9,11-22,30,32-39,43H,6-7H2,1-4H3. The molecule has 5 rings (SSSR count). The Morgan fingerprint density at radius 2 is 1.66 bits per heavy atom. The average Bonchev–Trinajstić information content (AvgIpc) is 3.25. The first-order valence-corrected chi connectivity index (χ1v) is 14.9. The Balaban J connectivity index is 1.68. The molecule has 2 saturated carbocycles. The smallest absolute Gasteiger partial charge is 0.351 e. The molecule has 0 aromatic heterocycles.